The summed E-state index contributed by atoms with van der Waals surface area (Å²) in [5.41, 5.74) is -0.722. The van der Waals surface area contributed by atoms with Crippen molar-refractivity contribution in [2.75, 3.05) is 26.3 Å². The molecule has 1 saturated heterocycles. The topological polar surface area (TPSA) is 105 Å². The minimum atomic E-state index is -1.17. The first-order chi connectivity index (χ1) is 9.69. The second-order valence-corrected chi connectivity index (χ2v) is 5.73. The number of carbonyl (C=O) groups excluding carboxylic acids is 2. The number of morpholine rings is 1. The molecular formula is C13H22N2O6. The zero-order valence-corrected chi connectivity index (χ0v) is 12.5. The number of hydrogen-bond donors (Lipinski definition) is 2. The van der Waals surface area contributed by atoms with E-state index in [0.717, 1.165) is 0 Å². The van der Waals surface area contributed by atoms with Crippen LogP contribution < -0.4 is 5.32 Å². The maximum absolute atomic E-state index is 12.3. The van der Waals surface area contributed by atoms with Gasteiger partial charge in [-0.1, -0.05) is 0 Å². The fourth-order valence-corrected chi connectivity index (χ4v) is 1.83. The second-order valence-electron chi connectivity index (χ2n) is 5.73. The summed E-state index contributed by atoms with van der Waals surface area (Å²) in [7, 11) is 0. The number of carboxylic acid groups (broad SMARTS) is 1. The molecule has 1 aliphatic rings. The van der Waals surface area contributed by atoms with E-state index in [-0.39, 0.29) is 0 Å². The number of ether oxygens (including phenoxy) is 2. The van der Waals surface area contributed by atoms with E-state index in [1.807, 2.05) is 0 Å². The highest BCUT2D eigenvalue weighted by molar-refractivity contribution is 5.89. The zero-order valence-electron chi connectivity index (χ0n) is 12.5. The molecular weight excluding hydrogens is 280 g/mol. The second kappa shape index (κ2) is 7.26. The van der Waals surface area contributed by atoms with Gasteiger partial charge in [-0.3, -0.25) is 9.59 Å². The van der Waals surface area contributed by atoms with Crippen LogP contribution in [0.3, 0.4) is 0 Å². The molecule has 8 nitrogen and oxygen atoms in total. The third kappa shape index (κ3) is 6.44. The average Bonchev–Trinajstić information content (AvgIpc) is 2.35. The van der Waals surface area contributed by atoms with Gasteiger partial charge in [0.25, 0.3) is 0 Å². The third-order valence-corrected chi connectivity index (χ3v) is 2.69. The Hall–Kier alpha value is -1.83. The predicted octanol–water partition coefficient (Wildman–Crippen LogP) is 0.213. The van der Waals surface area contributed by atoms with E-state index >= 15 is 0 Å². The standard InChI is InChI=1S/C13H22N2O6/c1-13(2,3)21-12(19)14-9(8-10(16)17)11(18)15-4-6-20-7-5-15/h9H,4-8H2,1-3H3,(H,14,19)(H,16,17). The summed E-state index contributed by atoms with van der Waals surface area (Å²) < 4.78 is 10.2. The molecule has 0 saturated carbocycles. The fraction of sp³-hybridized carbons (Fsp3) is 0.769. The lowest BCUT2D eigenvalue weighted by Gasteiger charge is -2.30. The van der Waals surface area contributed by atoms with Crippen molar-refractivity contribution >= 4 is 18.0 Å². The molecule has 0 bridgehead atoms. The highest BCUT2D eigenvalue weighted by Gasteiger charge is 2.30. The van der Waals surface area contributed by atoms with Crippen LogP contribution in [0, 0.1) is 0 Å². The van der Waals surface area contributed by atoms with Gasteiger partial charge in [0.15, 0.2) is 0 Å². The SMILES string of the molecule is CC(C)(C)OC(=O)NC(CC(=O)O)C(=O)N1CCOCC1. The summed E-state index contributed by atoms with van der Waals surface area (Å²) in [5, 5.41) is 11.2. The van der Waals surface area contributed by atoms with E-state index in [4.69, 9.17) is 14.6 Å². The Morgan fingerprint density at radius 3 is 2.33 bits per heavy atom. The number of alkyl carbamates (subject to hydrolysis) is 1. The van der Waals surface area contributed by atoms with Crippen LogP contribution in [0.25, 0.3) is 0 Å². The molecule has 2 amide bonds. The molecule has 1 rings (SSSR count). The fourth-order valence-electron chi connectivity index (χ4n) is 1.83. The summed E-state index contributed by atoms with van der Waals surface area (Å²) in [6.45, 7) is 6.61. The molecule has 120 valence electrons. The molecule has 1 fully saturated rings. The molecule has 2 N–H and O–H groups in total. The molecule has 8 heteroatoms. The van der Waals surface area contributed by atoms with Gasteiger partial charge in [0.2, 0.25) is 5.91 Å². The van der Waals surface area contributed by atoms with Gasteiger partial charge in [0.05, 0.1) is 19.6 Å². The van der Waals surface area contributed by atoms with Crippen molar-refractivity contribution in [3.63, 3.8) is 0 Å². The summed E-state index contributed by atoms with van der Waals surface area (Å²) in [6, 6.07) is -1.14. The maximum atomic E-state index is 12.3. The van der Waals surface area contributed by atoms with Gasteiger partial charge in [-0.15, -0.1) is 0 Å². The molecule has 1 aliphatic heterocycles. The van der Waals surface area contributed by atoms with Crippen LogP contribution in [0.4, 0.5) is 4.79 Å². The number of aliphatic carboxylic acids is 1. The van der Waals surface area contributed by atoms with Gasteiger partial charge in [-0.2, -0.15) is 0 Å². The van der Waals surface area contributed by atoms with Crippen LogP contribution in [0.2, 0.25) is 0 Å². The first-order valence-electron chi connectivity index (χ1n) is 6.77. The molecule has 0 aromatic heterocycles. The quantitative estimate of drug-likeness (QED) is 0.769. The zero-order chi connectivity index (χ0) is 16.0. The molecule has 0 aromatic carbocycles. The van der Waals surface area contributed by atoms with Crippen molar-refractivity contribution in [2.45, 2.75) is 38.8 Å². The van der Waals surface area contributed by atoms with Gasteiger partial charge in [-0.05, 0) is 20.8 Å². The number of rotatable bonds is 4. The minimum Gasteiger partial charge on any atom is -0.481 e. The van der Waals surface area contributed by atoms with Crippen LogP contribution in [-0.4, -0.2) is 65.9 Å². The molecule has 0 aromatic rings. The third-order valence-electron chi connectivity index (χ3n) is 2.69. The Morgan fingerprint density at radius 2 is 1.86 bits per heavy atom. The van der Waals surface area contributed by atoms with E-state index in [1.54, 1.807) is 20.8 Å². The smallest absolute Gasteiger partial charge is 0.408 e. The van der Waals surface area contributed by atoms with E-state index < -0.39 is 36.0 Å². The minimum absolute atomic E-state index is 0.380. The van der Waals surface area contributed by atoms with Crippen molar-refractivity contribution in [1.29, 1.82) is 0 Å². The number of amides is 2. The first-order valence-corrected chi connectivity index (χ1v) is 6.77. The van der Waals surface area contributed by atoms with Crippen molar-refractivity contribution < 1.29 is 29.0 Å². The van der Waals surface area contributed by atoms with Crippen molar-refractivity contribution in [3.05, 3.63) is 0 Å². The molecule has 21 heavy (non-hydrogen) atoms. The highest BCUT2D eigenvalue weighted by Crippen LogP contribution is 2.09. The Morgan fingerprint density at radius 1 is 1.29 bits per heavy atom. The molecule has 0 spiro atoms. The molecule has 0 aliphatic carbocycles. The number of nitrogens with one attached hydrogen (secondary N) is 1. The summed E-state index contributed by atoms with van der Waals surface area (Å²) >= 11 is 0. The molecule has 1 atom stereocenters. The van der Waals surface area contributed by atoms with Crippen LogP contribution in [-0.2, 0) is 19.1 Å². The monoisotopic (exact) mass is 302 g/mol. The first kappa shape index (κ1) is 17.2. The van der Waals surface area contributed by atoms with E-state index in [0.29, 0.717) is 26.3 Å². The van der Waals surface area contributed by atoms with Gasteiger partial charge in [0.1, 0.15) is 11.6 Å². The van der Waals surface area contributed by atoms with Crippen LogP contribution in [0.1, 0.15) is 27.2 Å². The van der Waals surface area contributed by atoms with E-state index in [9.17, 15) is 14.4 Å². The molecule has 1 unspecified atom stereocenters. The van der Waals surface area contributed by atoms with Crippen molar-refractivity contribution in [1.82, 2.24) is 10.2 Å². The lowest BCUT2D eigenvalue weighted by molar-refractivity contribution is -0.144. The van der Waals surface area contributed by atoms with Crippen molar-refractivity contribution in [2.24, 2.45) is 0 Å². The lowest BCUT2D eigenvalue weighted by Crippen LogP contribution is -2.53. The number of hydrogen-bond acceptors (Lipinski definition) is 5. The average molecular weight is 302 g/mol. The van der Waals surface area contributed by atoms with Gasteiger partial charge in [0, 0.05) is 13.1 Å². The number of carbonyl (C=O) groups is 3. The number of nitrogens with zero attached hydrogens (tertiary/aromatic N) is 1. The Kier molecular flexibility index (Phi) is 5.95. The Labute approximate surface area is 123 Å². The number of carboxylic acids is 1. The molecule has 1 heterocycles. The van der Waals surface area contributed by atoms with Crippen LogP contribution in [0.5, 0.6) is 0 Å². The Bertz CT molecular complexity index is 398. The van der Waals surface area contributed by atoms with Gasteiger partial charge in [-0.25, -0.2) is 4.79 Å². The molecule has 0 radical (unpaired) electrons. The van der Waals surface area contributed by atoms with Gasteiger partial charge >= 0.3 is 12.1 Å². The summed E-state index contributed by atoms with van der Waals surface area (Å²) in [5.74, 6) is -1.61. The van der Waals surface area contributed by atoms with Crippen molar-refractivity contribution in [3.8, 4) is 0 Å². The summed E-state index contributed by atoms with van der Waals surface area (Å²) in [6.07, 6.45) is -1.30. The largest absolute Gasteiger partial charge is 0.481 e. The van der Waals surface area contributed by atoms with Crippen LogP contribution >= 0.6 is 0 Å². The van der Waals surface area contributed by atoms with E-state index in [2.05, 4.69) is 5.32 Å². The maximum Gasteiger partial charge on any atom is 0.408 e. The summed E-state index contributed by atoms with van der Waals surface area (Å²) in [4.78, 5) is 36.3. The van der Waals surface area contributed by atoms with Gasteiger partial charge < -0.3 is 24.8 Å². The lowest BCUT2D eigenvalue weighted by atomic mass is 10.1. The normalized spacial score (nSPS) is 17.0. The van der Waals surface area contributed by atoms with Crippen LogP contribution in [0.15, 0.2) is 0 Å². The van der Waals surface area contributed by atoms with E-state index in [1.165, 1.54) is 4.90 Å². The Balaban J connectivity index is 2.68. The predicted molar refractivity (Wildman–Crippen MR) is 72.8 cm³/mol. The highest BCUT2D eigenvalue weighted by atomic mass is 16.6.